The summed E-state index contributed by atoms with van der Waals surface area (Å²) in [7, 11) is 1.60. The number of benzene rings is 2. The lowest BCUT2D eigenvalue weighted by molar-refractivity contribution is -0.289. The van der Waals surface area contributed by atoms with Crippen molar-refractivity contribution in [1.29, 1.82) is 0 Å². The Morgan fingerprint density at radius 3 is 2.38 bits per heavy atom. The highest BCUT2D eigenvalue weighted by molar-refractivity contribution is 5.45. The van der Waals surface area contributed by atoms with Crippen LogP contribution in [0.2, 0.25) is 0 Å². The van der Waals surface area contributed by atoms with E-state index in [1.165, 1.54) is 13.3 Å². The minimum atomic E-state index is -2.31. The predicted octanol–water partition coefficient (Wildman–Crippen LogP) is 3.70. The van der Waals surface area contributed by atoms with Gasteiger partial charge in [0.05, 0.1) is 13.7 Å². The lowest BCUT2D eigenvalue weighted by Gasteiger charge is -2.76. The van der Waals surface area contributed by atoms with E-state index in [0.717, 1.165) is 28.1 Å². The molecule has 1 N–H and O–H groups in total. The van der Waals surface area contributed by atoms with Crippen molar-refractivity contribution in [3.8, 4) is 5.75 Å². The lowest BCUT2D eigenvalue weighted by atomic mass is 9.28. The second kappa shape index (κ2) is 6.78. The number of methoxy groups -OCH3 is 1. The van der Waals surface area contributed by atoms with Gasteiger partial charge in [-0.15, -0.1) is 5.10 Å². The summed E-state index contributed by atoms with van der Waals surface area (Å²) in [6.45, 7) is 0.893. The summed E-state index contributed by atoms with van der Waals surface area (Å²) in [4.78, 5) is 0. The fourth-order valence-electron chi connectivity index (χ4n) is 5.77. The van der Waals surface area contributed by atoms with Crippen LogP contribution in [0.4, 0.5) is 13.2 Å². The summed E-state index contributed by atoms with van der Waals surface area (Å²) in [5, 5.41) is 22.5. The largest absolute Gasteiger partial charge is 0.497 e. The number of hydrogen-bond acceptors (Lipinski definition) is 5. The van der Waals surface area contributed by atoms with E-state index < -0.39 is 34.9 Å². The van der Waals surface area contributed by atoms with Gasteiger partial charge in [-0.2, -0.15) is 0 Å². The van der Waals surface area contributed by atoms with Crippen LogP contribution < -0.4 is 4.74 Å². The van der Waals surface area contributed by atoms with Gasteiger partial charge in [0.1, 0.15) is 35.0 Å². The van der Waals surface area contributed by atoms with Gasteiger partial charge >= 0.3 is 0 Å². The van der Waals surface area contributed by atoms with E-state index in [9.17, 15) is 13.9 Å². The SMILES string of the molecule is COc1ccc(C23CC(C(C)(F)[C@](O)(Cn4cnnn4)c4ccc(F)cc4F)(C2)C3)cc1. The van der Waals surface area contributed by atoms with Crippen molar-refractivity contribution in [2.45, 2.75) is 49.4 Å². The number of tetrazole rings is 1. The van der Waals surface area contributed by atoms with Crippen LogP contribution in [0.25, 0.3) is 0 Å². The number of aliphatic hydroxyl groups is 1. The van der Waals surface area contributed by atoms with Crippen LogP contribution in [0, 0.1) is 17.0 Å². The maximum atomic E-state index is 16.8. The van der Waals surface area contributed by atoms with E-state index in [1.54, 1.807) is 7.11 Å². The van der Waals surface area contributed by atoms with Crippen LogP contribution in [0.5, 0.6) is 5.75 Å². The van der Waals surface area contributed by atoms with Crippen LogP contribution in [-0.4, -0.2) is 38.1 Å². The number of nitrogens with zero attached hydrogens (tertiary/aromatic N) is 4. The maximum absolute atomic E-state index is 16.8. The Labute approximate surface area is 183 Å². The maximum Gasteiger partial charge on any atom is 0.148 e. The molecule has 2 aromatic carbocycles. The highest BCUT2D eigenvalue weighted by Gasteiger charge is 2.79. The Hall–Kier alpha value is -2.94. The van der Waals surface area contributed by atoms with Crippen molar-refractivity contribution >= 4 is 0 Å². The molecule has 168 valence electrons. The van der Waals surface area contributed by atoms with Crippen molar-refractivity contribution in [2.24, 2.45) is 5.41 Å². The van der Waals surface area contributed by atoms with Gasteiger partial charge < -0.3 is 9.84 Å². The summed E-state index contributed by atoms with van der Waals surface area (Å²) in [6.07, 6.45) is 2.77. The Balaban J connectivity index is 1.49. The molecular formula is C23H23F3N4O2. The van der Waals surface area contributed by atoms with E-state index in [-0.39, 0.29) is 11.0 Å². The molecule has 2 atom stereocenters. The molecule has 6 rings (SSSR count). The molecule has 0 saturated heterocycles. The molecule has 1 heterocycles. The molecule has 3 aliphatic carbocycles. The number of ether oxygens (including phenoxy) is 1. The van der Waals surface area contributed by atoms with Gasteiger partial charge in [-0.3, -0.25) is 0 Å². The number of halogens is 3. The second-order valence-electron chi connectivity index (χ2n) is 9.31. The van der Waals surface area contributed by atoms with Crippen molar-refractivity contribution in [1.82, 2.24) is 20.2 Å². The van der Waals surface area contributed by atoms with Gasteiger partial charge in [0, 0.05) is 17.0 Å². The normalized spacial score (nSPS) is 27.6. The molecule has 3 aromatic rings. The highest BCUT2D eigenvalue weighted by Crippen LogP contribution is 2.80. The van der Waals surface area contributed by atoms with Gasteiger partial charge in [-0.05, 0) is 65.8 Å². The van der Waals surface area contributed by atoms with E-state index in [2.05, 4.69) is 15.5 Å². The first-order chi connectivity index (χ1) is 15.1. The van der Waals surface area contributed by atoms with Crippen molar-refractivity contribution in [2.75, 3.05) is 7.11 Å². The third-order valence-corrected chi connectivity index (χ3v) is 7.66. The van der Waals surface area contributed by atoms with Crippen molar-refractivity contribution in [3.63, 3.8) is 0 Å². The Bertz CT molecular complexity index is 1130. The Kier molecular flexibility index (Phi) is 4.43. The zero-order valence-electron chi connectivity index (χ0n) is 17.7. The number of hydrogen-bond donors (Lipinski definition) is 1. The molecule has 0 spiro atoms. The molecule has 3 saturated carbocycles. The Morgan fingerprint density at radius 1 is 1.12 bits per heavy atom. The average molecular weight is 444 g/mol. The average Bonchev–Trinajstić information content (AvgIpc) is 3.18. The van der Waals surface area contributed by atoms with Crippen LogP contribution >= 0.6 is 0 Å². The number of rotatable bonds is 7. The molecular weight excluding hydrogens is 421 g/mol. The summed E-state index contributed by atoms with van der Waals surface area (Å²) in [6, 6.07) is 10.5. The van der Waals surface area contributed by atoms with E-state index in [4.69, 9.17) is 4.74 Å². The van der Waals surface area contributed by atoms with Crippen molar-refractivity contribution < 1.29 is 23.0 Å². The molecule has 1 aromatic heterocycles. The number of aromatic nitrogens is 4. The molecule has 32 heavy (non-hydrogen) atoms. The van der Waals surface area contributed by atoms with E-state index >= 15 is 4.39 Å². The third-order valence-electron chi connectivity index (χ3n) is 7.66. The molecule has 0 amide bonds. The molecule has 0 aliphatic heterocycles. The summed E-state index contributed by atoms with van der Waals surface area (Å²) < 4.78 is 51.5. The van der Waals surface area contributed by atoms with Gasteiger partial charge in [-0.1, -0.05) is 18.2 Å². The van der Waals surface area contributed by atoms with Crippen molar-refractivity contribution in [3.05, 3.63) is 71.6 Å². The number of alkyl halides is 1. The molecule has 6 nitrogen and oxygen atoms in total. The van der Waals surface area contributed by atoms with Gasteiger partial charge in [0.25, 0.3) is 0 Å². The minimum Gasteiger partial charge on any atom is -0.497 e. The fourth-order valence-corrected chi connectivity index (χ4v) is 5.77. The lowest BCUT2D eigenvalue weighted by Crippen LogP contribution is -2.76. The van der Waals surface area contributed by atoms with E-state index in [1.807, 2.05) is 24.3 Å². The molecule has 9 heteroatoms. The first-order valence-electron chi connectivity index (χ1n) is 10.4. The summed E-state index contributed by atoms with van der Waals surface area (Å²) in [5.41, 5.74) is -4.80. The first kappa shape index (κ1) is 20.9. The zero-order chi connectivity index (χ0) is 22.8. The molecule has 0 radical (unpaired) electrons. The highest BCUT2D eigenvalue weighted by atomic mass is 19.1. The topological polar surface area (TPSA) is 73.1 Å². The smallest absolute Gasteiger partial charge is 0.148 e. The molecule has 1 unspecified atom stereocenters. The quantitative estimate of drug-likeness (QED) is 0.602. The second-order valence-corrected chi connectivity index (χ2v) is 9.31. The molecule has 3 fully saturated rings. The van der Waals surface area contributed by atoms with Gasteiger partial charge in [0.2, 0.25) is 0 Å². The molecule has 3 aliphatic rings. The minimum absolute atomic E-state index is 0.170. The fraction of sp³-hybridized carbons (Fsp3) is 0.435. The van der Waals surface area contributed by atoms with Crippen LogP contribution in [0.1, 0.15) is 37.3 Å². The Morgan fingerprint density at radius 2 is 1.81 bits per heavy atom. The van der Waals surface area contributed by atoms with Gasteiger partial charge in [-0.25, -0.2) is 17.9 Å². The van der Waals surface area contributed by atoms with E-state index in [0.29, 0.717) is 25.3 Å². The van der Waals surface area contributed by atoms with Crippen LogP contribution in [0.3, 0.4) is 0 Å². The third kappa shape index (κ3) is 2.73. The monoisotopic (exact) mass is 444 g/mol. The van der Waals surface area contributed by atoms with Crippen LogP contribution in [-0.2, 0) is 17.6 Å². The standard InChI is InChI=1S/C23H23F3N4O2/c1-20(26,22-10-21(11-22,12-22)15-3-6-17(32-2)7-4-15)23(31,13-30-14-27-28-29-30)18-8-5-16(24)9-19(18)25/h3-9,14,31H,10-13H2,1-2H3/t20?,21?,22?,23-/m0/s1. The molecule has 2 bridgehead atoms. The van der Waals surface area contributed by atoms with Crippen LogP contribution in [0.15, 0.2) is 48.8 Å². The zero-order valence-corrected chi connectivity index (χ0v) is 17.7. The van der Waals surface area contributed by atoms with Gasteiger partial charge in [0.15, 0.2) is 0 Å². The first-order valence-corrected chi connectivity index (χ1v) is 10.4. The summed E-state index contributed by atoms with van der Waals surface area (Å²) in [5.74, 6) is -1.07. The summed E-state index contributed by atoms with van der Waals surface area (Å²) >= 11 is 0. The predicted molar refractivity (Wildman–Crippen MR) is 109 cm³/mol.